The molecule has 0 bridgehead atoms. The first-order valence-corrected chi connectivity index (χ1v) is 7.46. The van der Waals surface area contributed by atoms with Crippen molar-refractivity contribution in [1.82, 2.24) is 0 Å². The average molecular weight is 309 g/mol. The van der Waals surface area contributed by atoms with Gasteiger partial charge in [0.2, 0.25) is 0 Å². The maximum atomic E-state index is 12.1. The van der Waals surface area contributed by atoms with Gasteiger partial charge >= 0.3 is 0 Å². The molecule has 2 aromatic rings. The summed E-state index contributed by atoms with van der Waals surface area (Å²) in [7, 11) is -0.965. The minimum Gasteiger partial charge on any atom is -0.254 e. The molecule has 0 aliphatic carbocycles. The van der Waals surface area contributed by atoms with Crippen molar-refractivity contribution in [1.29, 1.82) is 0 Å². The molecule has 0 aliphatic heterocycles. The SMILES string of the molecule is Cc1ccc(S(=O)Cc2ccc(Br)cc2)cc1. The van der Waals surface area contributed by atoms with E-state index in [1.165, 1.54) is 5.56 Å². The molecule has 0 N–H and O–H groups in total. The molecule has 0 saturated carbocycles. The fourth-order valence-electron chi connectivity index (χ4n) is 1.51. The second kappa shape index (κ2) is 5.61. The second-order valence-corrected chi connectivity index (χ2v) is 6.30. The smallest absolute Gasteiger partial charge is 0.0574 e. The van der Waals surface area contributed by atoms with Crippen LogP contribution >= 0.6 is 15.9 Å². The zero-order valence-electron chi connectivity index (χ0n) is 9.52. The molecule has 2 rings (SSSR count). The number of halogens is 1. The standard InChI is InChI=1S/C14H13BrOS/c1-11-2-8-14(9-3-11)17(16)10-12-4-6-13(15)7-5-12/h2-9H,10H2,1H3. The lowest BCUT2D eigenvalue weighted by Crippen LogP contribution is -1.96. The van der Waals surface area contributed by atoms with E-state index in [1.54, 1.807) is 0 Å². The Morgan fingerprint density at radius 2 is 1.59 bits per heavy atom. The normalized spacial score (nSPS) is 12.4. The van der Waals surface area contributed by atoms with Gasteiger partial charge in [-0.2, -0.15) is 0 Å². The third kappa shape index (κ3) is 3.51. The minimum atomic E-state index is -0.965. The van der Waals surface area contributed by atoms with E-state index in [9.17, 15) is 4.21 Å². The Balaban J connectivity index is 2.11. The first-order chi connectivity index (χ1) is 8.15. The van der Waals surface area contributed by atoms with Gasteiger partial charge in [-0.3, -0.25) is 4.21 Å². The lowest BCUT2D eigenvalue weighted by Gasteiger charge is -2.03. The quantitative estimate of drug-likeness (QED) is 0.835. The van der Waals surface area contributed by atoms with Crippen molar-refractivity contribution in [3.05, 3.63) is 64.1 Å². The Morgan fingerprint density at radius 3 is 2.18 bits per heavy atom. The van der Waals surface area contributed by atoms with Crippen molar-refractivity contribution in [3.8, 4) is 0 Å². The Morgan fingerprint density at radius 1 is 1.00 bits per heavy atom. The van der Waals surface area contributed by atoms with Crippen LogP contribution in [0.2, 0.25) is 0 Å². The molecule has 3 heteroatoms. The Kier molecular flexibility index (Phi) is 4.13. The Bertz CT molecular complexity index is 517. The fourth-order valence-corrected chi connectivity index (χ4v) is 2.87. The van der Waals surface area contributed by atoms with Crippen LogP contribution in [0.15, 0.2) is 57.9 Å². The van der Waals surface area contributed by atoms with Crippen LogP contribution in [0.3, 0.4) is 0 Å². The molecular formula is C14H13BrOS. The molecule has 0 fully saturated rings. The summed E-state index contributed by atoms with van der Waals surface area (Å²) in [6.45, 7) is 2.03. The highest BCUT2D eigenvalue weighted by molar-refractivity contribution is 9.10. The van der Waals surface area contributed by atoms with Crippen molar-refractivity contribution >= 4 is 26.7 Å². The van der Waals surface area contributed by atoms with Crippen LogP contribution in [0.4, 0.5) is 0 Å². The zero-order valence-corrected chi connectivity index (χ0v) is 11.9. The van der Waals surface area contributed by atoms with E-state index in [1.807, 2.05) is 55.5 Å². The van der Waals surface area contributed by atoms with Gasteiger partial charge < -0.3 is 0 Å². The molecule has 1 atom stereocenters. The average Bonchev–Trinajstić information content (AvgIpc) is 2.33. The van der Waals surface area contributed by atoms with Gasteiger partial charge in [0.1, 0.15) is 0 Å². The van der Waals surface area contributed by atoms with Gasteiger partial charge in [0.05, 0.1) is 16.6 Å². The van der Waals surface area contributed by atoms with E-state index in [0.29, 0.717) is 5.75 Å². The van der Waals surface area contributed by atoms with E-state index in [0.717, 1.165) is 14.9 Å². The van der Waals surface area contributed by atoms with E-state index in [-0.39, 0.29) is 0 Å². The van der Waals surface area contributed by atoms with E-state index < -0.39 is 10.8 Å². The van der Waals surface area contributed by atoms with Crippen molar-refractivity contribution < 1.29 is 4.21 Å². The number of benzene rings is 2. The molecule has 0 spiro atoms. The predicted octanol–water partition coefficient (Wildman–Crippen LogP) is 4.07. The summed E-state index contributed by atoms with van der Waals surface area (Å²) >= 11 is 3.39. The molecule has 88 valence electrons. The highest BCUT2D eigenvalue weighted by atomic mass is 79.9. The van der Waals surface area contributed by atoms with E-state index in [2.05, 4.69) is 15.9 Å². The first kappa shape index (κ1) is 12.5. The second-order valence-electron chi connectivity index (χ2n) is 3.93. The molecule has 1 unspecified atom stereocenters. The number of rotatable bonds is 3. The van der Waals surface area contributed by atoms with E-state index >= 15 is 0 Å². The predicted molar refractivity (Wildman–Crippen MR) is 75.4 cm³/mol. The summed E-state index contributed by atoms with van der Waals surface area (Å²) in [6, 6.07) is 15.8. The maximum Gasteiger partial charge on any atom is 0.0574 e. The van der Waals surface area contributed by atoms with Gasteiger partial charge in [-0.05, 0) is 36.8 Å². The van der Waals surface area contributed by atoms with Crippen LogP contribution < -0.4 is 0 Å². The molecule has 17 heavy (non-hydrogen) atoms. The van der Waals surface area contributed by atoms with Crippen LogP contribution in [0.25, 0.3) is 0 Å². The first-order valence-electron chi connectivity index (χ1n) is 5.34. The zero-order chi connectivity index (χ0) is 12.3. The van der Waals surface area contributed by atoms with Crippen LogP contribution in [0.5, 0.6) is 0 Å². The van der Waals surface area contributed by atoms with Crippen LogP contribution in [-0.4, -0.2) is 4.21 Å². The molecule has 0 radical (unpaired) electrons. The molecule has 0 aliphatic rings. The summed E-state index contributed by atoms with van der Waals surface area (Å²) < 4.78 is 13.2. The highest BCUT2D eigenvalue weighted by Crippen LogP contribution is 2.15. The Hall–Kier alpha value is -0.930. The van der Waals surface area contributed by atoms with Crippen molar-refractivity contribution in [2.75, 3.05) is 0 Å². The van der Waals surface area contributed by atoms with Gasteiger partial charge in [0.25, 0.3) is 0 Å². The van der Waals surface area contributed by atoms with Crippen LogP contribution in [0.1, 0.15) is 11.1 Å². The summed E-state index contributed by atoms with van der Waals surface area (Å²) in [5.41, 5.74) is 2.28. The van der Waals surface area contributed by atoms with Crippen molar-refractivity contribution in [2.45, 2.75) is 17.6 Å². The van der Waals surface area contributed by atoms with Gasteiger partial charge in [-0.1, -0.05) is 45.8 Å². The third-order valence-electron chi connectivity index (χ3n) is 2.49. The third-order valence-corrected chi connectivity index (χ3v) is 4.42. The van der Waals surface area contributed by atoms with Crippen LogP contribution in [-0.2, 0) is 16.6 Å². The summed E-state index contributed by atoms with van der Waals surface area (Å²) in [6.07, 6.45) is 0. The molecule has 2 aromatic carbocycles. The fraction of sp³-hybridized carbons (Fsp3) is 0.143. The minimum absolute atomic E-state index is 0.566. The molecule has 0 amide bonds. The molecular weight excluding hydrogens is 296 g/mol. The lowest BCUT2D eigenvalue weighted by atomic mass is 10.2. The largest absolute Gasteiger partial charge is 0.254 e. The maximum absolute atomic E-state index is 12.1. The van der Waals surface area contributed by atoms with E-state index in [4.69, 9.17) is 0 Å². The molecule has 0 aromatic heterocycles. The molecule has 1 nitrogen and oxygen atoms in total. The topological polar surface area (TPSA) is 17.1 Å². The van der Waals surface area contributed by atoms with Crippen molar-refractivity contribution in [2.24, 2.45) is 0 Å². The lowest BCUT2D eigenvalue weighted by molar-refractivity contribution is 0.682. The highest BCUT2D eigenvalue weighted by Gasteiger charge is 2.04. The number of hydrogen-bond donors (Lipinski definition) is 0. The van der Waals surface area contributed by atoms with Crippen molar-refractivity contribution in [3.63, 3.8) is 0 Å². The van der Waals surface area contributed by atoms with Gasteiger partial charge in [0, 0.05) is 9.37 Å². The Labute approximate surface area is 112 Å². The number of aryl methyl sites for hydroxylation is 1. The summed E-state index contributed by atoms with van der Waals surface area (Å²) in [5.74, 6) is 0.566. The summed E-state index contributed by atoms with van der Waals surface area (Å²) in [4.78, 5) is 0.888. The van der Waals surface area contributed by atoms with Gasteiger partial charge in [-0.15, -0.1) is 0 Å². The number of hydrogen-bond acceptors (Lipinski definition) is 1. The van der Waals surface area contributed by atoms with Gasteiger partial charge in [-0.25, -0.2) is 0 Å². The summed E-state index contributed by atoms with van der Waals surface area (Å²) in [5, 5.41) is 0. The molecule has 0 heterocycles. The molecule has 0 saturated heterocycles. The van der Waals surface area contributed by atoms with Crippen LogP contribution in [0, 0.1) is 6.92 Å². The monoisotopic (exact) mass is 308 g/mol. The van der Waals surface area contributed by atoms with Gasteiger partial charge in [0.15, 0.2) is 0 Å².